The largest absolute Gasteiger partial charge is 0.353 e. The van der Waals surface area contributed by atoms with Crippen LogP contribution in [0.4, 0.5) is 5.82 Å². The fraction of sp³-hybridized carbons (Fsp3) is 0.476. The van der Waals surface area contributed by atoms with Gasteiger partial charge in [0.05, 0.1) is 11.7 Å². The summed E-state index contributed by atoms with van der Waals surface area (Å²) >= 11 is 0. The highest BCUT2D eigenvalue weighted by molar-refractivity contribution is 6.04. The van der Waals surface area contributed by atoms with Crippen molar-refractivity contribution in [1.29, 1.82) is 0 Å². The van der Waals surface area contributed by atoms with Crippen molar-refractivity contribution < 1.29 is 9.59 Å². The zero-order valence-corrected chi connectivity index (χ0v) is 17.1. The summed E-state index contributed by atoms with van der Waals surface area (Å²) in [6, 6.07) is 7.44. The van der Waals surface area contributed by atoms with E-state index in [2.05, 4.69) is 34.5 Å². The summed E-state index contributed by atoms with van der Waals surface area (Å²) in [5.74, 6) is 0.691. The number of aromatic nitrogens is 2. The second kappa shape index (κ2) is 8.56. The molecule has 1 saturated heterocycles. The van der Waals surface area contributed by atoms with E-state index < -0.39 is 0 Å². The molecule has 0 bridgehead atoms. The Morgan fingerprint density at radius 2 is 1.96 bits per heavy atom. The van der Waals surface area contributed by atoms with Crippen molar-refractivity contribution in [3.8, 4) is 0 Å². The monoisotopic (exact) mass is 383 g/mol. The molecule has 0 aliphatic carbocycles. The van der Waals surface area contributed by atoms with Crippen LogP contribution >= 0.6 is 0 Å². The summed E-state index contributed by atoms with van der Waals surface area (Å²) in [7, 11) is 1.85. The van der Waals surface area contributed by atoms with E-state index in [0.717, 1.165) is 42.0 Å². The van der Waals surface area contributed by atoms with Crippen molar-refractivity contribution in [3.05, 3.63) is 46.6 Å². The van der Waals surface area contributed by atoms with Crippen LogP contribution in [-0.4, -0.2) is 45.6 Å². The summed E-state index contributed by atoms with van der Waals surface area (Å²) in [6.45, 7) is 8.25. The Bertz CT molecular complexity index is 856. The Kier molecular flexibility index (Phi) is 6.14. The molecule has 0 saturated carbocycles. The number of amides is 2. The molecule has 2 N–H and O–H groups in total. The van der Waals surface area contributed by atoms with Crippen LogP contribution in [0.1, 0.15) is 48.0 Å². The van der Waals surface area contributed by atoms with Crippen molar-refractivity contribution in [3.63, 3.8) is 0 Å². The van der Waals surface area contributed by atoms with Crippen molar-refractivity contribution in [2.45, 2.75) is 46.2 Å². The quantitative estimate of drug-likeness (QED) is 0.801. The SMILES string of the molecule is CCc1nn(C)c(NC(=O)c2ccc(CN3CCNC(=O)C3C)cc2)c1CC. The number of benzene rings is 1. The third-order valence-corrected chi connectivity index (χ3v) is 5.38. The molecule has 3 rings (SSSR count). The molecule has 1 aliphatic rings. The molecule has 1 aromatic heterocycles. The number of hydrogen-bond donors (Lipinski definition) is 2. The minimum atomic E-state index is -0.141. The molecule has 28 heavy (non-hydrogen) atoms. The van der Waals surface area contributed by atoms with E-state index in [-0.39, 0.29) is 17.9 Å². The average Bonchev–Trinajstić information content (AvgIpc) is 3.00. The Hall–Kier alpha value is -2.67. The van der Waals surface area contributed by atoms with Gasteiger partial charge in [-0.05, 0) is 37.5 Å². The van der Waals surface area contributed by atoms with Gasteiger partial charge in [0.2, 0.25) is 5.91 Å². The topological polar surface area (TPSA) is 79.3 Å². The predicted octanol–water partition coefficient (Wildman–Crippen LogP) is 2.12. The minimum absolute atomic E-state index is 0.0663. The average molecular weight is 383 g/mol. The van der Waals surface area contributed by atoms with Crippen molar-refractivity contribution in [2.75, 3.05) is 18.4 Å². The van der Waals surface area contributed by atoms with E-state index in [0.29, 0.717) is 18.7 Å². The molecule has 0 spiro atoms. The highest BCUT2D eigenvalue weighted by Crippen LogP contribution is 2.21. The number of nitrogens with one attached hydrogen (secondary N) is 2. The summed E-state index contributed by atoms with van der Waals surface area (Å²) in [5.41, 5.74) is 3.80. The fourth-order valence-electron chi connectivity index (χ4n) is 3.66. The molecule has 1 atom stereocenters. The Labute approximate surface area is 166 Å². The molecule has 150 valence electrons. The number of aryl methyl sites for hydroxylation is 2. The van der Waals surface area contributed by atoms with Crippen LogP contribution in [0.3, 0.4) is 0 Å². The Morgan fingerprint density at radius 3 is 2.61 bits per heavy atom. The number of anilines is 1. The van der Waals surface area contributed by atoms with E-state index >= 15 is 0 Å². The summed E-state index contributed by atoms with van der Waals surface area (Å²) < 4.78 is 1.74. The molecule has 7 heteroatoms. The Balaban J connectivity index is 1.69. The number of carbonyl (C=O) groups is 2. The lowest BCUT2D eigenvalue weighted by molar-refractivity contribution is -0.128. The number of nitrogens with zero attached hydrogens (tertiary/aromatic N) is 3. The van der Waals surface area contributed by atoms with Crippen LogP contribution in [0.25, 0.3) is 0 Å². The van der Waals surface area contributed by atoms with E-state index in [9.17, 15) is 9.59 Å². The molecule has 2 amide bonds. The first-order valence-electron chi connectivity index (χ1n) is 9.91. The molecule has 1 aliphatic heterocycles. The molecule has 2 aromatic rings. The van der Waals surface area contributed by atoms with Crippen LogP contribution < -0.4 is 10.6 Å². The maximum Gasteiger partial charge on any atom is 0.256 e. The summed E-state index contributed by atoms with van der Waals surface area (Å²) in [5, 5.41) is 10.4. The highest BCUT2D eigenvalue weighted by atomic mass is 16.2. The maximum absolute atomic E-state index is 12.7. The van der Waals surface area contributed by atoms with Gasteiger partial charge in [0.1, 0.15) is 5.82 Å². The van der Waals surface area contributed by atoms with Gasteiger partial charge in [-0.25, -0.2) is 0 Å². The number of hydrogen-bond acceptors (Lipinski definition) is 4. The molecule has 1 unspecified atom stereocenters. The van der Waals surface area contributed by atoms with Crippen LogP contribution in [0.2, 0.25) is 0 Å². The van der Waals surface area contributed by atoms with Crippen LogP contribution in [0.5, 0.6) is 0 Å². The van der Waals surface area contributed by atoms with E-state index in [4.69, 9.17) is 0 Å². The third kappa shape index (κ3) is 4.09. The van der Waals surface area contributed by atoms with Gasteiger partial charge in [-0.1, -0.05) is 26.0 Å². The molecular weight excluding hydrogens is 354 g/mol. The van der Waals surface area contributed by atoms with Crippen molar-refractivity contribution in [2.24, 2.45) is 7.05 Å². The molecule has 1 aromatic carbocycles. The predicted molar refractivity (Wildman–Crippen MR) is 109 cm³/mol. The highest BCUT2D eigenvalue weighted by Gasteiger charge is 2.25. The van der Waals surface area contributed by atoms with Gasteiger partial charge in [0, 0.05) is 37.8 Å². The second-order valence-corrected chi connectivity index (χ2v) is 7.19. The van der Waals surface area contributed by atoms with E-state index in [1.165, 1.54) is 0 Å². The minimum Gasteiger partial charge on any atom is -0.353 e. The first-order chi connectivity index (χ1) is 13.4. The lowest BCUT2D eigenvalue weighted by Gasteiger charge is -2.32. The first-order valence-corrected chi connectivity index (χ1v) is 9.91. The van der Waals surface area contributed by atoms with Crippen LogP contribution in [0.15, 0.2) is 24.3 Å². The zero-order chi connectivity index (χ0) is 20.3. The molecule has 7 nitrogen and oxygen atoms in total. The fourth-order valence-corrected chi connectivity index (χ4v) is 3.66. The summed E-state index contributed by atoms with van der Waals surface area (Å²) in [6.07, 6.45) is 1.67. The first kappa shape index (κ1) is 20.1. The summed E-state index contributed by atoms with van der Waals surface area (Å²) in [4.78, 5) is 26.7. The third-order valence-electron chi connectivity index (χ3n) is 5.38. The van der Waals surface area contributed by atoms with Crippen LogP contribution in [0, 0.1) is 0 Å². The van der Waals surface area contributed by atoms with E-state index in [1.54, 1.807) is 4.68 Å². The van der Waals surface area contributed by atoms with Crippen molar-refractivity contribution >= 4 is 17.6 Å². The maximum atomic E-state index is 12.7. The normalized spacial score (nSPS) is 17.4. The molecule has 2 heterocycles. The standard InChI is InChI=1S/C21H29N5O2/c1-5-17-18(6-2)24-25(4)19(17)23-21(28)16-9-7-15(8-10-16)13-26-12-11-22-20(27)14(26)3/h7-10,14H,5-6,11-13H2,1-4H3,(H,22,27)(H,23,28). The van der Waals surface area contributed by atoms with Gasteiger partial charge in [-0.2, -0.15) is 5.10 Å². The molecular formula is C21H29N5O2. The lowest BCUT2D eigenvalue weighted by Crippen LogP contribution is -2.53. The van der Waals surface area contributed by atoms with Crippen molar-refractivity contribution in [1.82, 2.24) is 20.0 Å². The number of rotatable bonds is 6. The molecule has 1 fully saturated rings. The van der Waals surface area contributed by atoms with Gasteiger partial charge in [-0.3, -0.25) is 19.2 Å². The van der Waals surface area contributed by atoms with Gasteiger partial charge in [-0.15, -0.1) is 0 Å². The van der Waals surface area contributed by atoms with Gasteiger partial charge in [0.15, 0.2) is 0 Å². The molecule has 0 radical (unpaired) electrons. The van der Waals surface area contributed by atoms with Gasteiger partial charge >= 0.3 is 0 Å². The second-order valence-electron chi connectivity index (χ2n) is 7.19. The van der Waals surface area contributed by atoms with Gasteiger partial charge < -0.3 is 10.6 Å². The number of carbonyl (C=O) groups excluding carboxylic acids is 2. The smallest absolute Gasteiger partial charge is 0.256 e. The van der Waals surface area contributed by atoms with E-state index in [1.807, 2.05) is 38.2 Å². The van der Waals surface area contributed by atoms with Crippen LogP contribution in [-0.2, 0) is 31.2 Å². The lowest BCUT2D eigenvalue weighted by atomic mass is 10.1. The van der Waals surface area contributed by atoms with Gasteiger partial charge in [0.25, 0.3) is 5.91 Å². The Morgan fingerprint density at radius 1 is 1.25 bits per heavy atom. The zero-order valence-electron chi connectivity index (χ0n) is 17.1. The number of piperazine rings is 1.